The molecule has 1 heterocycles. The van der Waals surface area contributed by atoms with Gasteiger partial charge in [-0.25, -0.2) is 10.9 Å². The van der Waals surface area contributed by atoms with Gasteiger partial charge < -0.3 is 10.8 Å². The lowest BCUT2D eigenvalue weighted by Gasteiger charge is -2.16. The summed E-state index contributed by atoms with van der Waals surface area (Å²) >= 11 is 0. The maximum atomic E-state index is 12.8. The average molecular weight is 275 g/mol. The van der Waals surface area contributed by atoms with E-state index < -0.39 is 23.9 Å². The number of alkyl halides is 3. The second-order valence-electron chi connectivity index (χ2n) is 4.34. The number of halogens is 3. The predicted molar refractivity (Wildman–Crippen MR) is 59.8 cm³/mol. The SMILES string of the molecule is N[C@@H](Cc1ccc(C2(C(F)(F)F)NN2)cc1)C(=O)O. The first-order chi connectivity index (χ1) is 8.76. The molecule has 1 atom stereocenters. The standard InChI is InChI=1S/C11H12F3N3O2/c12-11(13,14)10(16-17-10)7-3-1-6(2-4-7)5-8(15)9(18)19/h1-4,8,16-17H,5,15H2,(H,18,19)/t8-/m0/s1. The molecule has 104 valence electrons. The molecule has 5 N–H and O–H groups in total. The van der Waals surface area contributed by atoms with Crippen molar-refractivity contribution in [2.24, 2.45) is 5.73 Å². The van der Waals surface area contributed by atoms with Gasteiger partial charge in [0.25, 0.3) is 0 Å². The summed E-state index contributed by atoms with van der Waals surface area (Å²) < 4.78 is 38.3. The molecule has 0 saturated carbocycles. The van der Waals surface area contributed by atoms with E-state index in [1.54, 1.807) is 0 Å². The van der Waals surface area contributed by atoms with Gasteiger partial charge in [0.15, 0.2) is 0 Å². The number of nitrogens with two attached hydrogens (primary N) is 1. The van der Waals surface area contributed by atoms with Gasteiger partial charge in [0, 0.05) is 0 Å². The Morgan fingerprint density at radius 3 is 2.21 bits per heavy atom. The number of rotatable bonds is 4. The molecule has 1 saturated heterocycles. The van der Waals surface area contributed by atoms with E-state index in [4.69, 9.17) is 10.8 Å². The van der Waals surface area contributed by atoms with Crippen molar-refractivity contribution in [3.8, 4) is 0 Å². The van der Waals surface area contributed by atoms with Crippen molar-refractivity contribution >= 4 is 5.97 Å². The van der Waals surface area contributed by atoms with Gasteiger partial charge in [0.05, 0.1) is 0 Å². The quantitative estimate of drug-likeness (QED) is 0.597. The van der Waals surface area contributed by atoms with Crippen LogP contribution in [-0.4, -0.2) is 23.3 Å². The molecule has 1 fully saturated rings. The van der Waals surface area contributed by atoms with Crippen LogP contribution < -0.4 is 16.6 Å². The number of hydrogen-bond acceptors (Lipinski definition) is 4. The number of hydrogen-bond donors (Lipinski definition) is 4. The second kappa shape index (κ2) is 4.48. The molecule has 0 unspecified atom stereocenters. The summed E-state index contributed by atoms with van der Waals surface area (Å²) in [5.74, 6) is -1.15. The molecule has 0 radical (unpaired) electrons. The third-order valence-corrected chi connectivity index (χ3v) is 2.96. The molecular formula is C11H12F3N3O2. The summed E-state index contributed by atoms with van der Waals surface area (Å²) in [6.45, 7) is 0. The third-order valence-electron chi connectivity index (χ3n) is 2.96. The highest BCUT2D eigenvalue weighted by Crippen LogP contribution is 2.41. The molecule has 0 aromatic heterocycles. The van der Waals surface area contributed by atoms with E-state index in [-0.39, 0.29) is 12.0 Å². The van der Waals surface area contributed by atoms with E-state index >= 15 is 0 Å². The van der Waals surface area contributed by atoms with E-state index in [9.17, 15) is 18.0 Å². The van der Waals surface area contributed by atoms with E-state index in [0.29, 0.717) is 5.56 Å². The van der Waals surface area contributed by atoms with E-state index in [1.807, 2.05) is 0 Å². The molecule has 8 heteroatoms. The zero-order valence-electron chi connectivity index (χ0n) is 9.66. The Kier molecular flexibility index (Phi) is 3.25. The molecule has 0 spiro atoms. The smallest absolute Gasteiger partial charge is 0.426 e. The Morgan fingerprint density at radius 2 is 1.84 bits per heavy atom. The lowest BCUT2D eigenvalue weighted by Crippen LogP contribution is -2.35. The van der Waals surface area contributed by atoms with Crippen LogP contribution in [-0.2, 0) is 16.9 Å². The van der Waals surface area contributed by atoms with Gasteiger partial charge in [-0.3, -0.25) is 4.79 Å². The summed E-state index contributed by atoms with van der Waals surface area (Å²) in [5.41, 5.74) is 7.92. The van der Waals surface area contributed by atoms with Crippen LogP contribution in [0.5, 0.6) is 0 Å². The minimum atomic E-state index is -4.45. The first-order valence-electron chi connectivity index (χ1n) is 5.45. The monoisotopic (exact) mass is 275 g/mol. The lowest BCUT2D eigenvalue weighted by atomic mass is 9.99. The molecule has 2 rings (SSSR count). The van der Waals surface area contributed by atoms with Gasteiger partial charge in [0.1, 0.15) is 6.04 Å². The molecule has 0 amide bonds. The highest BCUT2D eigenvalue weighted by Gasteiger charge is 2.65. The first kappa shape index (κ1) is 13.8. The Bertz CT molecular complexity index is 483. The average Bonchev–Trinajstić information content (AvgIpc) is 3.10. The number of nitrogens with one attached hydrogen (secondary N) is 2. The van der Waals surface area contributed by atoms with Gasteiger partial charge in [-0.2, -0.15) is 13.2 Å². The third kappa shape index (κ3) is 2.55. The van der Waals surface area contributed by atoms with Crippen LogP contribution in [0.15, 0.2) is 24.3 Å². The van der Waals surface area contributed by atoms with Crippen molar-refractivity contribution in [1.29, 1.82) is 0 Å². The topological polar surface area (TPSA) is 107 Å². The lowest BCUT2D eigenvalue weighted by molar-refractivity contribution is -0.165. The zero-order valence-corrected chi connectivity index (χ0v) is 9.66. The van der Waals surface area contributed by atoms with Crippen LogP contribution in [0.1, 0.15) is 11.1 Å². The van der Waals surface area contributed by atoms with Crippen molar-refractivity contribution in [2.75, 3.05) is 0 Å². The fourth-order valence-electron chi connectivity index (χ4n) is 1.74. The molecule has 19 heavy (non-hydrogen) atoms. The zero-order chi connectivity index (χ0) is 14.3. The predicted octanol–water partition coefficient (Wildman–Crippen LogP) is 0.464. The van der Waals surface area contributed by atoms with Gasteiger partial charge >= 0.3 is 12.1 Å². The Morgan fingerprint density at radius 1 is 1.32 bits per heavy atom. The molecular weight excluding hydrogens is 263 g/mol. The number of benzene rings is 1. The highest BCUT2D eigenvalue weighted by molar-refractivity contribution is 5.73. The van der Waals surface area contributed by atoms with Gasteiger partial charge in [-0.1, -0.05) is 24.3 Å². The largest absolute Gasteiger partial charge is 0.480 e. The fourth-order valence-corrected chi connectivity index (χ4v) is 1.74. The van der Waals surface area contributed by atoms with Crippen LogP contribution in [0.4, 0.5) is 13.2 Å². The number of hydrazine groups is 1. The Hall–Kier alpha value is -1.64. The van der Waals surface area contributed by atoms with Gasteiger partial charge in [0.2, 0.25) is 5.66 Å². The first-order valence-corrected chi connectivity index (χ1v) is 5.45. The Balaban J connectivity index is 2.14. The van der Waals surface area contributed by atoms with E-state index in [0.717, 1.165) is 0 Å². The summed E-state index contributed by atoms with van der Waals surface area (Å²) in [6, 6.07) is 4.40. The maximum absolute atomic E-state index is 12.8. The molecule has 1 aliphatic rings. The van der Waals surface area contributed by atoms with Crippen LogP contribution in [0.2, 0.25) is 0 Å². The van der Waals surface area contributed by atoms with Crippen molar-refractivity contribution in [2.45, 2.75) is 24.3 Å². The van der Waals surface area contributed by atoms with Gasteiger partial charge in [-0.15, -0.1) is 0 Å². The van der Waals surface area contributed by atoms with Crippen LogP contribution in [0, 0.1) is 0 Å². The summed E-state index contributed by atoms with van der Waals surface area (Å²) in [6.07, 6.45) is -4.39. The molecule has 5 nitrogen and oxygen atoms in total. The number of aliphatic carboxylic acids is 1. The van der Waals surface area contributed by atoms with E-state index in [2.05, 4.69) is 10.9 Å². The molecule has 1 aromatic carbocycles. The van der Waals surface area contributed by atoms with Crippen molar-refractivity contribution in [3.05, 3.63) is 35.4 Å². The molecule has 0 aliphatic carbocycles. The number of carboxylic acid groups (broad SMARTS) is 1. The van der Waals surface area contributed by atoms with E-state index in [1.165, 1.54) is 24.3 Å². The van der Waals surface area contributed by atoms with Crippen LogP contribution in [0.3, 0.4) is 0 Å². The molecule has 0 bridgehead atoms. The van der Waals surface area contributed by atoms with Gasteiger partial charge in [-0.05, 0) is 17.5 Å². The van der Waals surface area contributed by atoms with Crippen molar-refractivity contribution in [1.82, 2.24) is 10.9 Å². The molecule has 1 aromatic rings. The van der Waals surface area contributed by atoms with Crippen LogP contribution >= 0.6 is 0 Å². The minimum Gasteiger partial charge on any atom is -0.480 e. The molecule has 1 aliphatic heterocycles. The normalized spacial score (nSPS) is 18.9. The number of carbonyl (C=O) groups is 1. The summed E-state index contributed by atoms with van der Waals surface area (Å²) in [7, 11) is 0. The van der Waals surface area contributed by atoms with Crippen molar-refractivity contribution in [3.63, 3.8) is 0 Å². The summed E-state index contributed by atoms with van der Waals surface area (Å²) in [4.78, 5) is 10.6. The number of carboxylic acids is 1. The van der Waals surface area contributed by atoms with Crippen molar-refractivity contribution < 1.29 is 23.1 Å². The summed E-state index contributed by atoms with van der Waals surface area (Å²) in [5, 5.41) is 8.65. The Labute approximate surface area is 106 Å². The fraction of sp³-hybridized carbons (Fsp3) is 0.364. The second-order valence-corrected chi connectivity index (χ2v) is 4.34. The maximum Gasteiger partial charge on any atom is 0.426 e. The highest BCUT2D eigenvalue weighted by atomic mass is 19.4. The minimum absolute atomic E-state index is 0.0210. The van der Waals surface area contributed by atoms with Crippen LogP contribution in [0.25, 0.3) is 0 Å².